The van der Waals surface area contributed by atoms with E-state index in [0.717, 1.165) is 6.42 Å². The second-order valence-electron chi connectivity index (χ2n) is 4.75. The fourth-order valence-corrected chi connectivity index (χ4v) is 1.42. The predicted molar refractivity (Wildman–Crippen MR) is 59.4 cm³/mol. The van der Waals surface area contributed by atoms with Gasteiger partial charge in [-0.3, -0.25) is 0 Å². The highest BCUT2D eigenvalue weighted by atomic mass is 16.5. The summed E-state index contributed by atoms with van der Waals surface area (Å²) in [7, 11) is 5.68. The Morgan fingerprint density at radius 1 is 1.36 bits per heavy atom. The van der Waals surface area contributed by atoms with Crippen molar-refractivity contribution >= 4 is 0 Å². The van der Waals surface area contributed by atoms with Crippen molar-refractivity contribution in [3.8, 4) is 0 Å². The number of likely N-dealkylation sites (N-methyl/N-ethyl adjacent to an activating group) is 1. The summed E-state index contributed by atoms with van der Waals surface area (Å²) < 4.78 is 5.01. The molecule has 0 bridgehead atoms. The molecule has 0 aromatic rings. The summed E-state index contributed by atoms with van der Waals surface area (Å²) >= 11 is 0. The van der Waals surface area contributed by atoms with Gasteiger partial charge >= 0.3 is 0 Å². The lowest BCUT2D eigenvalue weighted by Gasteiger charge is -2.40. The van der Waals surface area contributed by atoms with Crippen molar-refractivity contribution in [1.29, 1.82) is 0 Å². The van der Waals surface area contributed by atoms with E-state index < -0.39 is 0 Å². The van der Waals surface area contributed by atoms with E-state index in [-0.39, 0.29) is 17.6 Å². The van der Waals surface area contributed by atoms with Crippen LogP contribution in [0.4, 0.5) is 0 Å². The van der Waals surface area contributed by atoms with Crippen LogP contribution in [0.5, 0.6) is 0 Å². The molecule has 0 spiro atoms. The second kappa shape index (κ2) is 5.69. The zero-order valence-electron chi connectivity index (χ0n) is 10.4. The lowest BCUT2D eigenvalue weighted by Crippen LogP contribution is -2.51. The van der Waals surface area contributed by atoms with Crippen LogP contribution in [-0.4, -0.2) is 49.5 Å². The first-order valence-electron chi connectivity index (χ1n) is 5.18. The number of nitrogens with zero attached hydrogens (tertiary/aromatic N) is 1. The summed E-state index contributed by atoms with van der Waals surface area (Å²) in [6.45, 7) is 6.89. The highest BCUT2D eigenvalue weighted by Crippen LogP contribution is 2.23. The van der Waals surface area contributed by atoms with E-state index in [1.54, 1.807) is 7.11 Å². The lowest BCUT2D eigenvalue weighted by molar-refractivity contribution is -0.0235. The van der Waals surface area contributed by atoms with Gasteiger partial charge in [0.25, 0.3) is 0 Å². The third-order valence-electron chi connectivity index (χ3n) is 3.19. The fourth-order valence-electron chi connectivity index (χ4n) is 1.42. The molecule has 0 aromatic carbocycles. The summed E-state index contributed by atoms with van der Waals surface area (Å²) in [5, 5.41) is 10.1. The largest absolute Gasteiger partial charge is 0.391 e. The van der Waals surface area contributed by atoms with Crippen LogP contribution in [0.15, 0.2) is 0 Å². The molecule has 0 rings (SSSR count). The SMILES string of the molecule is COCCC(C)C(O)C(C)(C)N(C)C. The molecule has 2 unspecified atom stereocenters. The molecule has 0 fully saturated rings. The Morgan fingerprint density at radius 3 is 2.21 bits per heavy atom. The van der Waals surface area contributed by atoms with Crippen molar-refractivity contribution in [3.05, 3.63) is 0 Å². The maximum absolute atomic E-state index is 10.1. The molecular formula is C11H25NO2. The zero-order valence-corrected chi connectivity index (χ0v) is 10.4. The van der Waals surface area contributed by atoms with Gasteiger partial charge in [-0.1, -0.05) is 6.92 Å². The molecule has 0 aliphatic rings. The van der Waals surface area contributed by atoms with E-state index >= 15 is 0 Å². The first-order valence-corrected chi connectivity index (χ1v) is 5.18. The van der Waals surface area contributed by atoms with Crippen LogP contribution in [0.1, 0.15) is 27.2 Å². The average Bonchev–Trinajstić information content (AvgIpc) is 2.12. The monoisotopic (exact) mass is 203 g/mol. The highest BCUT2D eigenvalue weighted by molar-refractivity contribution is 4.88. The van der Waals surface area contributed by atoms with Crippen molar-refractivity contribution in [3.63, 3.8) is 0 Å². The first-order chi connectivity index (χ1) is 6.34. The van der Waals surface area contributed by atoms with E-state index in [4.69, 9.17) is 4.74 Å². The maximum Gasteiger partial charge on any atom is 0.0744 e. The predicted octanol–water partition coefficient (Wildman–Crippen LogP) is 1.36. The molecule has 0 radical (unpaired) electrons. The van der Waals surface area contributed by atoms with Crippen molar-refractivity contribution < 1.29 is 9.84 Å². The second-order valence-corrected chi connectivity index (χ2v) is 4.75. The zero-order chi connectivity index (χ0) is 11.4. The number of ether oxygens (including phenoxy) is 1. The van der Waals surface area contributed by atoms with Crippen LogP contribution in [0.25, 0.3) is 0 Å². The number of aliphatic hydroxyl groups excluding tert-OH is 1. The van der Waals surface area contributed by atoms with E-state index in [0.29, 0.717) is 6.61 Å². The molecule has 86 valence electrons. The topological polar surface area (TPSA) is 32.7 Å². The highest BCUT2D eigenvalue weighted by Gasteiger charge is 2.33. The van der Waals surface area contributed by atoms with Gasteiger partial charge in [0.2, 0.25) is 0 Å². The van der Waals surface area contributed by atoms with Crippen molar-refractivity contribution in [2.45, 2.75) is 38.8 Å². The molecule has 0 saturated carbocycles. The van der Waals surface area contributed by atoms with Crippen molar-refractivity contribution in [2.24, 2.45) is 5.92 Å². The average molecular weight is 203 g/mol. The van der Waals surface area contributed by atoms with Crippen molar-refractivity contribution in [1.82, 2.24) is 4.90 Å². The molecule has 0 aliphatic heterocycles. The summed E-state index contributed by atoms with van der Waals surface area (Å²) in [5.74, 6) is 0.257. The van der Waals surface area contributed by atoms with Crippen molar-refractivity contribution in [2.75, 3.05) is 27.8 Å². The minimum absolute atomic E-state index is 0.187. The third kappa shape index (κ3) is 3.56. The summed E-state index contributed by atoms with van der Waals surface area (Å²) in [5.41, 5.74) is -0.187. The molecule has 1 N–H and O–H groups in total. The molecule has 0 aromatic heterocycles. The Kier molecular flexibility index (Phi) is 5.64. The smallest absolute Gasteiger partial charge is 0.0744 e. The van der Waals surface area contributed by atoms with Crippen LogP contribution in [0, 0.1) is 5.92 Å². The summed E-state index contributed by atoms with van der Waals surface area (Å²) in [4.78, 5) is 2.06. The fraction of sp³-hybridized carbons (Fsp3) is 1.00. The van der Waals surface area contributed by atoms with Crippen LogP contribution >= 0.6 is 0 Å². The van der Waals surface area contributed by atoms with Crippen LogP contribution in [0.2, 0.25) is 0 Å². The van der Waals surface area contributed by atoms with Gasteiger partial charge in [0, 0.05) is 19.3 Å². The first kappa shape index (κ1) is 13.9. The van der Waals surface area contributed by atoms with Gasteiger partial charge in [-0.05, 0) is 40.3 Å². The molecule has 2 atom stereocenters. The Balaban J connectivity index is 4.22. The normalized spacial score (nSPS) is 17.1. The van der Waals surface area contributed by atoms with Crippen LogP contribution < -0.4 is 0 Å². The van der Waals surface area contributed by atoms with Gasteiger partial charge < -0.3 is 14.7 Å². The van der Waals surface area contributed by atoms with Gasteiger partial charge in [-0.15, -0.1) is 0 Å². The quantitative estimate of drug-likeness (QED) is 0.707. The molecule has 0 aliphatic carbocycles. The molecule has 3 heteroatoms. The van der Waals surface area contributed by atoms with Gasteiger partial charge in [0.1, 0.15) is 0 Å². The maximum atomic E-state index is 10.1. The summed E-state index contributed by atoms with van der Waals surface area (Å²) in [6.07, 6.45) is 0.572. The molecule has 0 amide bonds. The molecule has 14 heavy (non-hydrogen) atoms. The minimum Gasteiger partial charge on any atom is -0.391 e. The van der Waals surface area contributed by atoms with E-state index in [9.17, 15) is 5.11 Å². The van der Waals surface area contributed by atoms with E-state index in [1.807, 2.05) is 14.1 Å². The van der Waals surface area contributed by atoms with E-state index in [1.165, 1.54) is 0 Å². The lowest BCUT2D eigenvalue weighted by atomic mass is 9.85. The Hall–Kier alpha value is -0.120. The molecule has 0 heterocycles. The van der Waals surface area contributed by atoms with Gasteiger partial charge in [-0.25, -0.2) is 0 Å². The number of hydrogen-bond acceptors (Lipinski definition) is 3. The van der Waals surface area contributed by atoms with Crippen LogP contribution in [-0.2, 0) is 4.74 Å². The standard InChI is InChI=1S/C11H25NO2/c1-9(7-8-14-6)10(13)11(2,3)12(4)5/h9-10,13H,7-8H2,1-6H3. The number of hydrogen-bond donors (Lipinski definition) is 1. The van der Waals surface area contributed by atoms with Gasteiger partial charge in [0.15, 0.2) is 0 Å². The molecular weight excluding hydrogens is 178 g/mol. The Labute approximate surface area is 88.1 Å². The van der Waals surface area contributed by atoms with Gasteiger partial charge in [0.05, 0.1) is 6.10 Å². The number of aliphatic hydroxyl groups is 1. The van der Waals surface area contributed by atoms with Crippen LogP contribution in [0.3, 0.4) is 0 Å². The Morgan fingerprint density at radius 2 is 1.86 bits per heavy atom. The number of rotatable bonds is 6. The Bertz CT molecular complexity index is 157. The minimum atomic E-state index is -0.326. The number of methoxy groups -OCH3 is 1. The van der Waals surface area contributed by atoms with E-state index in [2.05, 4.69) is 25.7 Å². The van der Waals surface area contributed by atoms with Gasteiger partial charge in [-0.2, -0.15) is 0 Å². The molecule has 0 saturated heterocycles. The summed E-state index contributed by atoms with van der Waals surface area (Å²) in [6, 6.07) is 0. The third-order valence-corrected chi connectivity index (χ3v) is 3.19. The molecule has 3 nitrogen and oxygen atoms in total.